The standard InChI is InChI=1S/C26H25N3O6S2/c1-26(2,3)17-7-15(6-16(10-17)23(33)27-11-22(31)32)12-29-18-8-14(4-5-19(18)35-13-21(29)30)9-20-24(34)28-25(36)37-20/h4-10H,11-13H2,1-3H3,(H,27,33)(H,31,32)(H,28,34,36). The van der Waals surface area contributed by atoms with E-state index in [1.165, 1.54) is 11.8 Å². The molecule has 37 heavy (non-hydrogen) atoms. The normalized spacial score (nSPS) is 16.4. The van der Waals surface area contributed by atoms with Crippen molar-refractivity contribution in [3.63, 3.8) is 0 Å². The second kappa shape index (κ2) is 10.3. The van der Waals surface area contributed by atoms with E-state index < -0.39 is 18.4 Å². The Bertz CT molecular complexity index is 1360. The molecule has 2 aromatic carbocycles. The molecular weight excluding hydrogens is 514 g/mol. The lowest BCUT2D eigenvalue weighted by Crippen LogP contribution is -2.38. The predicted octanol–water partition coefficient (Wildman–Crippen LogP) is 3.21. The Morgan fingerprint density at radius 1 is 1.22 bits per heavy atom. The van der Waals surface area contributed by atoms with Gasteiger partial charge in [0, 0.05) is 5.56 Å². The van der Waals surface area contributed by atoms with Gasteiger partial charge in [-0.2, -0.15) is 0 Å². The number of rotatable bonds is 6. The number of nitrogens with zero attached hydrogens (tertiary/aromatic N) is 1. The van der Waals surface area contributed by atoms with E-state index in [1.54, 1.807) is 41.3 Å². The zero-order valence-electron chi connectivity index (χ0n) is 20.4. The summed E-state index contributed by atoms with van der Waals surface area (Å²) in [4.78, 5) is 50.6. The quantitative estimate of drug-likeness (QED) is 0.378. The van der Waals surface area contributed by atoms with Crippen LogP contribution in [0.25, 0.3) is 6.08 Å². The van der Waals surface area contributed by atoms with Gasteiger partial charge in [-0.1, -0.05) is 56.9 Å². The number of benzene rings is 2. The molecule has 0 unspecified atom stereocenters. The lowest BCUT2D eigenvalue weighted by Gasteiger charge is -2.30. The number of thioether (sulfide) groups is 1. The third kappa shape index (κ3) is 6.17. The number of carbonyl (C=O) groups is 4. The molecule has 0 bridgehead atoms. The van der Waals surface area contributed by atoms with Crippen LogP contribution in [0, 0.1) is 0 Å². The highest BCUT2D eigenvalue weighted by Crippen LogP contribution is 2.36. The van der Waals surface area contributed by atoms with Gasteiger partial charge in [0.2, 0.25) is 0 Å². The molecule has 3 N–H and O–H groups in total. The van der Waals surface area contributed by atoms with Gasteiger partial charge in [-0.25, -0.2) is 0 Å². The maximum atomic E-state index is 12.9. The Kier molecular flexibility index (Phi) is 7.37. The molecule has 192 valence electrons. The molecule has 2 aromatic rings. The van der Waals surface area contributed by atoms with Gasteiger partial charge >= 0.3 is 5.97 Å². The van der Waals surface area contributed by atoms with E-state index in [4.69, 9.17) is 22.1 Å². The van der Waals surface area contributed by atoms with E-state index in [1.807, 2.05) is 26.8 Å². The Balaban J connectivity index is 1.69. The summed E-state index contributed by atoms with van der Waals surface area (Å²) < 4.78 is 6.01. The van der Waals surface area contributed by atoms with Crippen molar-refractivity contribution in [2.24, 2.45) is 0 Å². The molecule has 4 rings (SSSR count). The Hall–Kier alpha value is -3.70. The van der Waals surface area contributed by atoms with Gasteiger partial charge in [0.15, 0.2) is 6.61 Å². The lowest BCUT2D eigenvalue weighted by molar-refractivity contribution is -0.135. The molecule has 0 atom stereocenters. The third-order valence-corrected chi connectivity index (χ3v) is 6.89. The van der Waals surface area contributed by atoms with Crippen molar-refractivity contribution in [2.75, 3.05) is 18.1 Å². The molecule has 0 spiro atoms. The molecule has 2 heterocycles. The Morgan fingerprint density at radius 2 is 1.97 bits per heavy atom. The van der Waals surface area contributed by atoms with E-state index in [0.29, 0.717) is 37.4 Å². The van der Waals surface area contributed by atoms with Crippen LogP contribution in [-0.4, -0.2) is 46.3 Å². The van der Waals surface area contributed by atoms with Crippen LogP contribution in [0.2, 0.25) is 0 Å². The van der Waals surface area contributed by atoms with Crippen molar-refractivity contribution < 1.29 is 29.0 Å². The molecule has 0 radical (unpaired) electrons. The SMILES string of the molecule is CC(C)(C)c1cc(CN2C(=O)COc3ccc(C=C4SC(=S)NC4=O)cc32)cc(C(=O)NCC(=O)O)c1. The van der Waals surface area contributed by atoms with Crippen molar-refractivity contribution in [3.05, 3.63) is 63.6 Å². The number of carboxylic acids is 1. The minimum absolute atomic E-state index is 0.134. The Morgan fingerprint density at radius 3 is 2.62 bits per heavy atom. The summed E-state index contributed by atoms with van der Waals surface area (Å²) in [6.07, 6.45) is 1.70. The van der Waals surface area contributed by atoms with Crippen molar-refractivity contribution in [1.82, 2.24) is 10.6 Å². The van der Waals surface area contributed by atoms with Crippen LogP contribution >= 0.6 is 24.0 Å². The largest absolute Gasteiger partial charge is 0.482 e. The van der Waals surface area contributed by atoms with E-state index in [0.717, 1.165) is 5.56 Å². The minimum atomic E-state index is -1.14. The zero-order valence-corrected chi connectivity index (χ0v) is 22.0. The summed E-state index contributed by atoms with van der Waals surface area (Å²) in [6, 6.07) is 10.6. The van der Waals surface area contributed by atoms with Gasteiger partial charge in [0.25, 0.3) is 17.7 Å². The second-order valence-electron chi connectivity index (χ2n) is 9.59. The van der Waals surface area contributed by atoms with E-state index in [2.05, 4.69) is 10.6 Å². The number of ether oxygens (including phenoxy) is 1. The highest BCUT2D eigenvalue weighted by atomic mass is 32.2. The summed E-state index contributed by atoms with van der Waals surface area (Å²) in [5, 5.41) is 13.9. The number of fused-ring (bicyclic) bond motifs is 1. The molecule has 2 aliphatic heterocycles. The first-order valence-electron chi connectivity index (χ1n) is 11.4. The summed E-state index contributed by atoms with van der Waals surface area (Å²) in [7, 11) is 0. The predicted molar refractivity (Wildman–Crippen MR) is 145 cm³/mol. The fourth-order valence-electron chi connectivity index (χ4n) is 3.84. The van der Waals surface area contributed by atoms with E-state index in [9.17, 15) is 19.2 Å². The maximum absolute atomic E-state index is 12.9. The number of hydrogen-bond acceptors (Lipinski definition) is 7. The number of thiocarbonyl (C=S) groups is 1. The van der Waals surface area contributed by atoms with Gasteiger partial charge in [-0.05, 0) is 52.4 Å². The van der Waals surface area contributed by atoms with E-state index >= 15 is 0 Å². The van der Waals surface area contributed by atoms with Gasteiger partial charge in [-0.15, -0.1) is 0 Å². The average molecular weight is 540 g/mol. The molecule has 2 aliphatic rings. The molecule has 0 aromatic heterocycles. The smallest absolute Gasteiger partial charge is 0.322 e. The number of hydrogen-bond donors (Lipinski definition) is 3. The van der Waals surface area contributed by atoms with Crippen LogP contribution in [0.5, 0.6) is 5.75 Å². The van der Waals surface area contributed by atoms with Crippen LogP contribution in [0.15, 0.2) is 41.3 Å². The van der Waals surface area contributed by atoms with Crippen LogP contribution in [0.3, 0.4) is 0 Å². The van der Waals surface area contributed by atoms with Gasteiger partial charge in [-0.3, -0.25) is 19.2 Å². The second-order valence-corrected chi connectivity index (χ2v) is 11.3. The third-order valence-electron chi connectivity index (χ3n) is 5.73. The molecule has 1 fully saturated rings. The van der Waals surface area contributed by atoms with Gasteiger partial charge in [0.05, 0.1) is 17.1 Å². The lowest BCUT2D eigenvalue weighted by atomic mass is 9.85. The molecule has 0 aliphatic carbocycles. The zero-order chi connectivity index (χ0) is 26.9. The number of aliphatic carboxylic acids is 1. The van der Waals surface area contributed by atoms with Crippen LogP contribution in [0.4, 0.5) is 5.69 Å². The maximum Gasteiger partial charge on any atom is 0.322 e. The number of anilines is 1. The first kappa shape index (κ1) is 26.4. The molecule has 9 nitrogen and oxygen atoms in total. The molecule has 3 amide bonds. The first-order valence-corrected chi connectivity index (χ1v) is 12.6. The van der Waals surface area contributed by atoms with Crippen molar-refractivity contribution in [3.8, 4) is 5.75 Å². The molecular formula is C26H25N3O6S2. The topological polar surface area (TPSA) is 125 Å². The Labute approximate surface area is 223 Å². The fraction of sp³-hybridized carbons (Fsp3) is 0.269. The fourth-order valence-corrected chi connectivity index (χ4v) is 4.89. The van der Waals surface area contributed by atoms with Gasteiger partial charge in [0.1, 0.15) is 16.6 Å². The summed E-state index contributed by atoms with van der Waals surface area (Å²) >= 11 is 6.22. The molecule has 0 saturated carbocycles. The number of carbonyl (C=O) groups excluding carboxylic acids is 3. The first-order chi connectivity index (χ1) is 17.4. The van der Waals surface area contributed by atoms with Crippen molar-refractivity contribution in [2.45, 2.75) is 32.7 Å². The summed E-state index contributed by atoms with van der Waals surface area (Å²) in [6.45, 7) is 5.54. The van der Waals surface area contributed by atoms with E-state index in [-0.39, 0.29) is 30.4 Å². The van der Waals surface area contributed by atoms with Crippen LogP contribution in [0.1, 0.15) is 47.8 Å². The van der Waals surface area contributed by atoms with Crippen LogP contribution in [-0.2, 0) is 26.3 Å². The monoisotopic (exact) mass is 539 g/mol. The van der Waals surface area contributed by atoms with Crippen LogP contribution < -0.4 is 20.3 Å². The summed E-state index contributed by atoms with van der Waals surface area (Å²) in [5.74, 6) is -1.67. The average Bonchev–Trinajstić information content (AvgIpc) is 3.14. The molecule has 11 heteroatoms. The van der Waals surface area contributed by atoms with Crippen molar-refractivity contribution in [1.29, 1.82) is 0 Å². The number of carboxylic acid groups (broad SMARTS) is 1. The number of amides is 3. The summed E-state index contributed by atoms with van der Waals surface area (Å²) in [5.41, 5.74) is 2.81. The van der Waals surface area contributed by atoms with Gasteiger partial charge < -0.3 is 25.4 Å². The van der Waals surface area contributed by atoms with Crippen molar-refractivity contribution >= 4 is 63.8 Å². The molecule has 1 saturated heterocycles. The highest BCUT2D eigenvalue weighted by molar-refractivity contribution is 8.26. The highest BCUT2D eigenvalue weighted by Gasteiger charge is 2.28. The minimum Gasteiger partial charge on any atom is -0.482 e. The number of nitrogens with one attached hydrogen (secondary N) is 2.